The number of nitrogens with one attached hydrogen (secondary N) is 1. The number of hydrogen-bond acceptors (Lipinski definition) is 3. The van der Waals surface area contributed by atoms with Gasteiger partial charge < -0.3 is 10.1 Å². The largest absolute Gasteiger partial charge is 0.496 e. The number of rotatable bonds is 5. The van der Waals surface area contributed by atoms with Gasteiger partial charge in [0.05, 0.1) is 12.7 Å². The van der Waals surface area contributed by atoms with Crippen molar-refractivity contribution in [3.05, 3.63) is 58.7 Å². The van der Waals surface area contributed by atoms with E-state index < -0.39 is 17.6 Å². The Kier molecular flexibility index (Phi) is 6.41. The number of benzene rings is 2. The number of hydrogen-bond donors (Lipinski definition) is 1. The summed E-state index contributed by atoms with van der Waals surface area (Å²) >= 11 is 0. The standard InChI is InChI=1S/C23H27F3N2O2/c1-14(2)11-20-18-13-17(7-5-15(18)9-10-28(20)3)27-22(29)16-6-8-21(30-4)19(12-16)23(24,25)26/h5-8,12-14,20H,9-11H2,1-4H3,(H,27,29). The van der Waals surface area contributed by atoms with Gasteiger partial charge in [-0.05, 0) is 67.3 Å². The molecule has 0 saturated heterocycles. The van der Waals surface area contributed by atoms with E-state index in [1.54, 1.807) is 0 Å². The second kappa shape index (κ2) is 8.68. The number of alkyl halides is 3. The van der Waals surface area contributed by atoms with Crippen molar-refractivity contribution in [1.29, 1.82) is 0 Å². The van der Waals surface area contributed by atoms with E-state index in [4.69, 9.17) is 4.74 Å². The van der Waals surface area contributed by atoms with Gasteiger partial charge in [0.2, 0.25) is 0 Å². The first-order valence-corrected chi connectivity index (χ1v) is 9.99. The first kappa shape index (κ1) is 22.2. The molecule has 0 radical (unpaired) electrons. The van der Waals surface area contributed by atoms with E-state index in [0.717, 1.165) is 31.5 Å². The Morgan fingerprint density at radius 1 is 1.23 bits per heavy atom. The first-order chi connectivity index (χ1) is 14.1. The van der Waals surface area contributed by atoms with Crippen molar-refractivity contribution in [3.8, 4) is 5.75 Å². The van der Waals surface area contributed by atoms with Crippen molar-refractivity contribution >= 4 is 11.6 Å². The monoisotopic (exact) mass is 420 g/mol. The average Bonchev–Trinajstić information content (AvgIpc) is 2.68. The van der Waals surface area contributed by atoms with Gasteiger partial charge in [-0.25, -0.2) is 0 Å². The van der Waals surface area contributed by atoms with Crippen LogP contribution in [0.2, 0.25) is 0 Å². The number of likely N-dealkylation sites (N-methyl/N-ethyl adjacent to an activating group) is 1. The quantitative estimate of drug-likeness (QED) is 0.690. The summed E-state index contributed by atoms with van der Waals surface area (Å²) in [6.07, 6.45) is -2.68. The van der Waals surface area contributed by atoms with Crippen LogP contribution in [0.5, 0.6) is 5.75 Å². The summed E-state index contributed by atoms with van der Waals surface area (Å²) in [5, 5.41) is 2.75. The highest BCUT2D eigenvalue weighted by Gasteiger charge is 2.35. The zero-order valence-corrected chi connectivity index (χ0v) is 17.6. The third kappa shape index (κ3) is 4.78. The third-order valence-electron chi connectivity index (χ3n) is 5.49. The molecule has 4 nitrogen and oxygen atoms in total. The second-order valence-electron chi connectivity index (χ2n) is 8.16. The number of anilines is 1. The van der Waals surface area contributed by atoms with Gasteiger partial charge in [0.1, 0.15) is 5.75 Å². The van der Waals surface area contributed by atoms with Crippen LogP contribution < -0.4 is 10.1 Å². The van der Waals surface area contributed by atoms with Gasteiger partial charge in [0.15, 0.2) is 0 Å². The highest BCUT2D eigenvalue weighted by atomic mass is 19.4. The van der Waals surface area contributed by atoms with E-state index in [0.29, 0.717) is 11.6 Å². The summed E-state index contributed by atoms with van der Waals surface area (Å²) in [4.78, 5) is 15.0. The fourth-order valence-electron chi connectivity index (χ4n) is 3.93. The molecular weight excluding hydrogens is 393 g/mol. The van der Waals surface area contributed by atoms with Crippen molar-refractivity contribution in [2.75, 3.05) is 26.0 Å². The van der Waals surface area contributed by atoms with Crippen LogP contribution in [-0.4, -0.2) is 31.5 Å². The Hall–Kier alpha value is -2.54. The molecule has 7 heteroatoms. The summed E-state index contributed by atoms with van der Waals surface area (Å²) in [6, 6.07) is 9.33. The van der Waals surface area contributed by atoms with Crippen LogP contribution in [0.1, 0.15) is 53.4 Å². The number of nitrogens with zero attached hydrogens (tertiary/aromatic N) is 1. The highest BCUT2D eigenvalue weighted by molar-refractivity contribution is 6.04. The smallest absolute Gasteiger partial charge is 0.419 e. The minimum absolute atomic E-state index is 0.0725. The topological polar surface area (TPSA) is 41.6 Å². The molecule has 3 rings (SSSR count). The Labute approximate surface area is 175 Å². The van der Waals surface area contributed by atoms with E-state index in [2.05, 4.69) is 31.1 Å². The van der Waals surface area contributed by atoms with Crippen LogP contribution in [0.4, 0.5) is 18.9 Å². The average molecular weight is 420 g/mol. The van der Waals surface area contributed by atoms with Gasteiger partial charge in [0.25, 0.3) is 5.91 Å². The van der Waals surface area contributed by atoms with Crippen molar-refractivity contribution in [2.24, 2.45) is 5.92 Å². The fraction of sp³-hybridized carbons (Fsp3) is 0.435. The lowest BCUT2D eigenvalue weighted by Gasteiger charge is -2.36. The van der Waals surface area contributed by atoms with Crippen molar-refractivity contribution in [3.63, 3.8) is 0 Å². The minimum atomic E-state index is -4.61. The highest BCUT2D eigenvalue weighted by Crippen LogP contribution is 2.37. The molecule has 1 aliphatic rings. The molecule has 162 valence electrons. The van der Waals surface area contributed by atoms with Gasteiger partial charge in [-0.3, -0.25) is 9.69 Å². The molecule has 2 aromatic rings. The van der Waals surface area contributed by atoms with Crippen LogP contribution in [0.15, 0.2) is 36.4 Å². The minimum Gasteiger partial charge on any atom is -0.496 e. The van der Waals surface area contributed by atoms with Gasteiger partial charge >= 0.3 is 6.18 Å². The summed E-state index contributed by atoms with van der Waals surface area (Å²) in [5.41, 5.74) is 1.95. The molecule has 1 N–H and O–H groups in total. The third-order valence-corrected chi connectivity index (χ3v) is 5.49. The maximum atomic E-state index is 13.3. The van der Waals surface area contributed by atoms with Crippen LogP contribution in [0.25, 0.3) is 0 Å². The summed E-state index contributed by atoms with van der Waals surface area (Å²) in [7, 11) is 3.26. The summed E-state index contributed by atoms with van der Waals surface area (Å²) in [5.74, 6) is -0.387. The summed E-state index contributed by atoms with van der Waals surface area (Å²) in [6.45, 7) is 5.33. The zero-order chi connectivity index (χ0) is 22.1. The van der Waals surface area contributed by atoms with Crippen LogP contribution in [-0.2, 0) is 12.6 Å². The maximum Gasteiger partial charge on any atom is 0.419 e. The number of fused-ring (bicyclic) bond motifs is 1. The molecule has 0 bridgehead atoms. The van der Waals surface area contributed by atoms with Crippen molar-refractivity contribution in [1.82, 2.24) is 4.90 Å². The molecule has 0 spiro atoms. The molecule has 1 aliphatic heterocycles. The van der Waals surface area contributed by atoms with E-state index in [1.807, 2.05) is 18.2 Å². The van der Waals surface area contributed by atoms with Crippen LogP contribution >= 0.6 is 0 Å². The van der Waals surface area contributed by atoms with E-state index in [9.17, 15) is 18.0 Å². The number of halogens is 3. The van der Waals surface area contributed by atoms with E-state index >= 15 is 0 Å². The van der Waals surface area contributed by atoms with Crippen LogP contribution in [0, 0.1) is 5.92 Å². The number of ether oxygens (including phenoxy) is 1. The first-order valence-electron chi connectivity index (χ1n) is 9.99. The molecule has 1 atom stereocenters. The Morgan fingerprint density at radius 3 is 2.60 bits per heavy atom. The Bertz CT molecular complexity index is 925. The number of carbonyl (C=O) groups excluding carboxylic acids is 1. The lowest BCUT2D eigenvalue weighted by Crippen LogP contribution is -2.33. The maximum absolute atomic E-state index is 13.3. The van der Waals surface area contributed by atoms with Gasteiger partial charge in [-0.15, -0.1) is 0 Å². The Morgan fingerprint density at radius 2 is 1.97 bits per heavy atom. The molecule has 1 unspecified atom stereocenters. The fourth-order valence-corrected chi connectivity index (χ4v) is 3.93. The number of carbonyl (C=O) groups is 1. The van der Waals surface area contributed by atoms with Gasteiger partial charge in [-0.2, -0.15) is 13.2 Å². The van der Waals surface area contributed by atoms with Crippen molar-refractivity contribution < 1.29 is 22.7 Å². The van der Waals surface area contributed by atoms with Crippen LogP contribution in [0.3, 0.4) is 0 Å². The SMILES string of the molecule is COc1ccc(C(=O)Nc2ccc3c(c2)C(CC(C)C)N(C)CC3)cc1C(F)(F)F. The predicted molar refractivity (Wildman–Crippen MR) is 111 cm³/mol. The van der Waals surface area contributed by atoms with E-state index in [-0.39, 0.29) is 17.4 Å². The molecule has 1 heterocycles. The Balaban J connectivity index is 1.87. The molecule has 0 aromatic heterocycles. The molecule has 2 aromatic carbocycles. The second-order valence-corrected chi connectivity index (χ2v) is 8.16. The molecule has 0 aliphatic carbocycles. The van der Waals surface area contributed by atoms with Crippen molar-refractivity contribution in [2.45, 2.75) is 38.9 Å². The zero-order valence-electron chi connectivity index (χ0n) is 17.6. The number of amides is 1. The van der Waals surface area contributed by atoms with Gasteiger partial charge in [0, 0.05) is 23.8 Å². The van der Waals surface area contributed by atoms with Gasteiger partial charge in [-0.1, -0.05) is 19.9 Å². The predicted octanol–water partition coefficient (Wildman–Crippen LogP) is 5.54. The molecule has 0 fully saturated rings. The number of methoxy groups -OCH3 is 1. The van der Waals surface area contributed by atoms with E-state index in [1.165, 1.54) is 24.3 Å². The lowest BCUT2D eigenvalue weighted by molar-refractivity contribution is -0.138. The molecular formula is C23H27F3N2O2. The summed E-state index contributed by atoms with van der Waals surface area (Å²) < 4.78 is 44.6. The molecule has 0 saturated carbocycles. The normalized spacial score (nSPS) is 17.0. The molecule has 1 amide bonds. The molecule has 30 heavy (non-hydrogen) atoms. The lowest BCUT2D eigenvalue weighted by atomic mass is 9.87.